The SMILES string of the molecule is Cc1cccc(NC(=O)CSc2nnc(CN3CCCCC3)n2Cc2ccccc2)c1. The molecule has 0 saturated carbocycles. The number of thioether (sulfide) groups is 1. The second-order valence-electron chi connectivity index (χ2n) is 8.01. The topological polar surface area (TPSA) is 63.1 Å². The molecule has 1 saturated heterocycles. The Labute approximate surface area is 188 Å². The Bertz CT molecular complexity index is 998. The van der Waals surface area contributed by atoms with Gasteiger partial charge in [-0.25, -0.2) is 0 Å². The van der Waals surface area contributed by atoms with Gasteiger partial charge in [-0.2, -0.15) is 0 Å². The van der Waals surface area contributed by atoms with Gasteiger partial charge in [-0.1, -0.05) is 60.6 Å². The Balaban J connectivity index is 1.45. The van der Waals surface area contributed by atoms with Crippen molar-refractivity contribution in [3.05, 3.63) is 71.5 Å². The maximum Gasteiger partial charge on any atom is 0.234 e. The summed E-state index contributed by atoms with van der Waals surface area (Å²) >= 11 is 1.44. The van der Waals surface area contributed by atoms with Gasteiger partial charge in [-0.05, 0) is 56.1 Å². The average molecular weight is 436 g/mol. The number of anilines is 1. The van der Waals surface area contributed by atoms with Gasteiger partial charge < -0.3 is 9.88 Å². The fourth-order valence-corrected chi connectivity index (χ4v) is 4.59. The molecule has 6 nitrogen and oxygen atoms in total. The number of carbonyl (C=O) groups is 1. The molecule has 1 N–H and O–H groups in total. The predicted octanol–water partition coefficient (Wildman–Crippen LogP) is 4.35. The fourth-order valence-electron chi connectivity index (χ4n) is 3.84. The number of likely N-dealkylation sites (tertiary alicyclic amines) is 1. The molecule has 0 radical (unpaired) electrons. The van der Waals surface area contributed by atoms with Crippen molar-refractivity contribution in [2.75, 3.05) is 24.2 Å². The zero-order valence-corrected chi connectivity index (χ0v) is 18.8. The van der Waals surface area contributed by atoms with E-state index in [1.54, 1.807) is 0 Å². The highest BCUT2D eigenvalue weighted by Gasteiger charge is 2.18. The molecule has 0 atom stereocenters. The Morgan fingerprint density at radius 2 is 1.81 bits per heavy atom. The number of nitrogens with zero attached hydrogens (tertiary/aromatic N) is 4. The smallest absolute Gasteiger partial charge is 0.234 e. The lowest BCUT2D eigenvalue weighted by molar-refractivity contribution is -0.113. The lowest BCUT2D eigenvalue weighted by atomic mass is 10.1. The second-order valence-corrected chi connectivity index (χ2v) is 8.96. The van der Waals surface area contributed by atoms with Crippen molar-refractivity contribution < 1.29 is 4.79 Å². The highest BCUT2D eigenvalue weighted by molar-refractivity contribution is 7.99. The molecule has 2 heterocycles. The largest absolute Gasteiger partial charge is 0.325 e. The number of benzene rings is 2. The van der Waals surface area contributed by atoms with Crippen molar-refractivity contribution in [2.45, 2.75) is 44.4 Å². The summed E-state index contributed by atoms with van der Waals surface area (Å²) in [6.07, 6.45) is 3.80. The summed E-state index contributed by atoms with van der Waals surface area (Å²) in [5, 5.41) is 12.7. The van der Waals surface area contributed by atoms with Gasteiger partial charge in [0, 0.05) is 5.69 Å². The van der Waals surface area contributed by atoms with E-state index in [-0.39, 0.29) is 5.91 Å². The maximum atomic E-state index is 12.5. The van der Waals surface area contributed by atoms with Gasteiger partial charge in [0.1, 0.15) is 5.82 Å². The van der Waals surface area contributed by atoms with Crippen molar-refractivity contribution >= 4 is 23.4 Å². The van der Waals surface area contributed by atoms with Crippen LogP contribution >= 0.6 is 11.8 Å². The first-order valence-corrected chi connectivity index (χ1v) is 11.8. The minimum absolute atomic E-state index is 0.0394. The van der Waals surface area contributed by atoms with E-state index in [0.717, 1.165) is 41.9 Å². The first kappa shape index (κ1) is 21.6. The van der Waals surface area contributed by atoms with Crippen LogP contribution < -0.4 is 5.32 Å². The van der Waals surface area contributed by atoms with E-state index in [1.165, 1.54) is 36.6 Å². The van der Waals surface area contributed by atoms with Crippen LogP contribution in [-0.4, -0.2) is 44.4 Å². The molecule has 162 valence electrons. The highest BCUT2D eigenvalue weighted by Crippen LogP contribution is 2.21. The van der Waals surface area contributed by atoms with Gasteiger partial charge in [0.15, 0.2) is 5.16 Å². The standard InChI is InChI=1S/C24H29N5OS/c1-19-9-8-12-21(15-19)25-23(30)18-31-24-27-26-22(17-28-13-6-3-7-14-28)29(24)16-20-10-4-2-5-11-20/h2,4-5,8-12,15H,3,6-7,13-14,16-18H2,1H3,(H,25,30). The van der Waals surface area contributed by atoms with Crippen molar-refractivity contribution in [3.8, 4) is 0 Å². The van der Waals surface area contributed by atoms with E-state index in [2.05, 4.69) is 37.1 Å². The average Bonchev–Trinajstić information content (AvgIpc) is 3.15. The van der Waals surface area contributed by atoms with E-state index >= 15 is 0 Å². The summed E-state index contributed by atoms with van der Waals surface area (Å²) < 4.78 is 2.16. The normalized spacial score (nSPS) is 14.5. The van der Waals surface area contributed by atoms with Crippen LogP contribution in [0.3, 0.4) is 0 Å². The van der Waals surface area contributed by atoms with Crippen LogP contribution in [0, 0.1) is 6.92 Å². The summed E-state index contributed by atoms with van der Waals surface area (Å²) in [4.78, 5) is 14.9. The molecule has 31 heavy (non-hydrogen) atoms. The number of hydrogen-bond acceptors (Lipinski definition) is 5. The molecule has 0 bridgehead atoms. The quantitative estimate of drug-likeness (QED) is 0.533. The number of piperidine rings is 1. The first-order valence-electron chi connectivity index (χ1n) is 10.8. The third kappa shape index (κ3) is 6.18. The van der Waals surface area contributed by atoms with Crippen LogP contribution in [0.25, 0.3) is 0 Å². The summed E-state index contributed by atoms with van der Waals surface area (Å²) in [5.74, 6) is 1.22. The van der Waals surface area contributed by atoms with Crippen LogP contribution in [-0.2, 0) is 17.9 Å². The third-order valence-corrected chi connectivity index (χ3v) is 6.39. The number of amides is 1. The van der Waals surface area contributed by atoms with Crippen LogP contribution in [0.5, 0.6) is 0 Å². The highest BCUT2D eigenvalue weighted by atomic mass is 32.2. The fraction of sp³-hybridized carbons (Fsp3) is 0.375. The minimum Gasteiger partial charge on any atom is -0.325 e. The molecule has 1 amide bonds. The number of aryl methyl sites for hydroxylation is 1. The molecule has 1 fully saturated rings. The van der Waals surface area contributed by atoms with Gasteiger partial charge in [0.05, 0.1) is 18.8 Å². The van der Waals surface area contributed by atoms with E-state index < -0.39 is 0 Å². The third-order valence-electron chi connectivity index (χ3n) is 5.42. The number of hydrogen-bond donors (Lipinski definition) is 1. The molecule has 3 aromatic rings. The maximum absolute atomic E-state index is 12.5. The molecular formula is C24H29N5OS. The van der Waals surface area contributed by atoms with Crippen LogP contribution in [0.15, 0.2) is 59.8 Å². The Morgan fingerprint density at radius 3 is 2.58 bits per heavy atom. The molecule has 1 aliphatic rings. The Hall–Kier alpha value is -2.64. The molecule has 1 aliphatic heterocycles. The number of carbonyl (C=O) groups excluding carboxylic acids is 1. The van der Waals surface area contributed by atoms with Crippen molar-refractivity contribution in [3.63, 3.8) is 0 Å². The molecule has 0 aliphatic carbocycles. The molecule has 2 aromatic carbocycles. The summed E-state index contributed by atoms with van der Waals surface area (Å²) in [7, 11) is 0. The van der Waals surface area contributed by atoms with Crippen molar-refractivity contribution in [1.29, 1.82) is 0 Å². The van der Waals surface area contributed by atoms with Crippen molar-refractivity contribution in [2.24, 2.45) is 0 Å². The molecule has 7 heteroatoms. The van der Waals surface area contributed by atoms with Crippen molar-refractivity contribution in [1.82, 2.24) is 19.7 Å². The molecule has 0 spiro atoms. The molecule has 1 aromatic heterocycles. The van der Waals surface area contributed by atoms with Gasteiger partial charge in [0.25, 0.3) is 0 Å². The molecular weight excluding hydrogens is 406 g/mol. The van der Waals surface area contributed by atoms with E-state index in [4.69, 9.17) is 0 Å². The minimum atomic E-state index is -0.0394. The monoisotopic (exact) mass is 435 g/mol. The van der Waals surface area contributed by atoms with Gasteiger partial charge in [0.2, 0.25) is 5.91 Å². The Kier molecular flexibility index (Phi) is 7.38. The number of nitrogens with one attached hydrogen (secondary N) is 1. The van der Waals surface area contributed by atoms with Gasteiger partial charge >= 0.3 is 0 Å². The zero-order chi connectivity index (χ0) is 21.5. The lowest BCUT2D eigenvalue weighted by Gasteiger charge is -2.26. The summed E-state index contributed by atoms with van der Waals surface area (Å²) in [5.41, 5.74) is 3.14. The number of rotatable bonds is 8. The zero-order valence-electron chi connectivity index (χ0n) is 18.0. The van der Waals surface area contributed by atoms with E-state index in [0.29, 0.717) is 12.3 Å². The number of aromatic nitrogens is 3. The lowest BCUT2D eigenvalue weighted by Crippen LogP contribution is -2.30. The van der Waals surface area contributed by atoms with Gasteiger partial charge in [-0.15, -0.1) is 10.2 Å². The Morgan fingerprint density at radius 1 is 1.00 bits per heavy atom. The summed E-state index contributed by atoms with van der Waals surface area (Å²) in [6, 6.07) is 18.2. The van der Waals surface area contributed by atoms with Gasteiger partial charge in [-0.3, -0.25) is 9.69 Å². The second kappa shape index (κ2) is 10.6. The molecule has 0 unspecified atom stereocenters. The van der Waals surface area contributed by atoms with Crippen LogP contribution in [0.2, 0.25) is 0 Å². The summed E-state index contributed by atoms with van der Waals surface area (Å²) in [6.45, 7) is 5.74. The predicted molar refractivity (Wildman–Crippen MR) is 125 cm³/mol. The molecule has 4 rings (SSSR count). The van der Waals surface area contributed by atoms with Crippen LogP contribution in [0.1, 0.15) is 36.2 Å². The van der Waals surface area contributed by atoms with Crippen LogP contribution in [0.4, 0.5) is 5.69 Å². The van der Waals surface area contributed by atoms with E-state index in [1.807, 2.05) is 49.4 Å². The first-order chi connectivity index (χ1) is 15.2. The van der Waals surface area contributed by atoms with E-state index in [9.17, 15) is 4.79 Å².